The molecule has 1 saturated carbocycles. The van der Waals surface area contributed by atoms with E-state index >= 15 is 0 Å². The number of anilines is 2. The van der Waals surface area contributed by atoms with Gasteiger partial charge < -0.3 is 20.1 Å². The highest BCUT2D eigenvalue weighted by atomic mass is 16.5. The van der Waals surface area contributed by atoms with Gasteiger partial charge in [0, 0.05) is 34.4 Å². The molecule has 0 spiro atoms. The van der Waals surface area contributed by atoms with Gasteiger partial charge in [-0.2, -0.15) is 5.10 Å². The van der Waals surface area contributed by atoms with Gasteiger partial charge in [0.2, 0.25) is 0 Å². The van der Waals surface area contributed by atoms with Crippen molar-refractivity contribution in [3.05, 3.63) is 79.1 Å². The number of aromatic nitrogens is 4. The molecule has 3 N–H and O–H groups in total. The van der Waals surface area contributed by atoms with Crippen molar-refractivity contribution in [3.63, 3.8) is 0 Å². The van der Waals surface area contributed by atoms with Crippen LogP contribution in [0.4, 0.5) is 11.5 Å². The average molecular weight is 549 g/mol. The van der Waals surface area contributed by atoms with Crippen LogP contribution in [-0.2, 0) is 4.79 Å². The van der Waals surface area contributed by atoms with Crippen LogP contribution in [0.5, 0.6) is 11.5 Å². The van der Waals surface area contributed by atoms with E-state index in [0.29, 0.717) is 24.0 Å². The molecule has 1 aliphatic rings. The third kappa shape index (κ3) is 6.30. The number of nitrogens with one attached hydrogen (secondary N) is 3. The van der Waals surface area contributed by atoms with Crippen molar-refractivity contribution in [3.8, 4) is 34.0 Å². The van der Waals surface area contributed by atoms with Gasteiger partial charge in [0.1, 0.15) is 17.3 Å². The van der Waals surface area contributed by atoms with Crippen LogP contribution in [0.2, 0.25) is 0 Å². The SMILES string of the molecule is CCOc1ccc2nc(-c3cccc(OCC(=O)NC4CCCC4)c3)nc(Nc3ccc(-c4cn[nH]c4)cc3)c2c1. The smallest absolute Gasteiger partial charge is 0.258 e. The highest BCUT2D eigenvalue weighted by Gasteiger charge is 2.17. The molecule has 1 amide bonds. The molecule has 0 unspecified atom stereocenters. The molecule has 5 aromatic rings. The molecule has 208 valence electrons. The summed E-state index contributed by atoms with van der Waals surface area (Å²) in [7, 11) is 0. The Kier molecular flexibility index (Phi) is 7.75. The number of hydrogen-bond acceptors (Lipinski definition) is 7. The van der Waals surface area contributed by atoms with Gasteiger partial charge in [-0.05, 0) is 67.8 Å². The Labute approximate surface area is 238 Å². The molecule has 9 heteroatoms. The van der Waals surface area contributed by atoms with Crippen LogP contribution in [0.15, 0.2) is 79.1 Å². The van der Waals surface area contributed by atoms with Crippen molar-refractivity contribution in [1.82, 2.24) is 25.5 Å². The number of nitrogens with zero attached hydrogens (tertiary/aromatic N) is 3. The lowest BCUT2D eigenvalue weighted by atomic mass is 10.1. The Morgan fingerprint density at radius 1 is 0.927 bits per heavy atom. The van der Waals surface area contributed by atoms with Crippen LogP contribution in [0, 0.1) is 0 Å². The predicted octanol–water partition coefficient (Wildman–Crippen LogP) is 6.27. The highest BCUT2D eigenvalue weighted by molar-refractivity contribution is 5.93. The van der Waals surface area contributed by atoms with Crippen molar-refractivity contribution in [2.24, 2.45) is 0 Å². The monoisotopic (exact) mass is 548 g/mol. The molecule has 0 atom stereocenters. The Bertz CT molecular complexity index is 1630. The normalized spacial score (nSPS) is 13.3. The Morgan fingerprint density at radius 3 is 2.54 bits per heavy atom. The molecule has 0 bridgehead atoms. The number of ether oxygens (including phenoxy) is 2. The topological polar surface area (TPSA) is 114 Å². The second kappa shape index (κ2) is 12.1. The summed E-state index contributed by atoms with van der Waals surface area (Å²) < 4.78 is 11.6. The van der Waals surface area contributed by atoms with E-state index in [2.05, 4.69) is 20.8 Å². The van der Waals surface area contributed by atoms with Gasteiger partial charge in [-0.15, -0.1) is 0 Å². The minimum Gasteiger partial charge on any atom is -0.494 e. The summed E-state index contributed by atoms with van der Waals surface area (Å²) in [5.41, 5.74) is 4.53. The number of amides is 1. The third-order valence-corrected chi connectivity index (χ3v) is 7.14. The third-order valence-electron chi connectivity index (χ3n) is 7.14. The fourth-order valence-electron chi connectivity index (χ4n) is 5.09. The van der Waals surface area contributed by atoms with Crippen molar-refractivity contribution in [2.75, 3.05) is 18.5 Å². The molecule has 1 fully saturated rings. The van der Waals surface area contributed by atoms with Gasteiger partial charge in [0.25, 0.3) is 5.91 Å². The zero-order valence-electron chi connectivity index (χ0n) is 22.9. The number of carbonyl (C=O) groups excluding carboxylic acids is 1. The highest BCUT2D eigenvalue weighted by Crippen LogP contribution is 2.32. The molecule has 2 heterocycles. The van der Waals surface area contributed by atoms with E-state index in [4.69, 9.17) is 19.4 Å². The number of benzene rings is 3. The van der Waals surface area contributed by atoms with Crippen LogP contribution in [-0.4, -0.2) is 45.3 Å². The number of hydrogen-bond donors (Lipinski definition) is 3. The predicted molar refractivity (Wildman–Crippen MR) is 159 cm³/mol. The lowest BCUT2D eigenvalue weighted by Gasteiger charge is -2.14. The Hall–Kier alpha value is -4.92. The molecule has 0 radical (unpaired) electrons. The number of carbonyl (C=O) groups is 1. The van der Waals surface area contributed by atoms with Crippen molar-refractivity contribution >= 4 is 28.3 Å². The molecule has 3 aromatic carbocycles. The van der Waals surface area contributed by atoms with Crippen LogP contribution < -0.4 is 20.1 Å². The van der Waals surface area contributed by atoms with E-state index in [1.807, 2.05) is 79.9 Å². The van der Waals surface area contributed by atoms with E-state index in [0.717, 1.165) is 51.9 Å². The standard InChI is InChI=1S/C32H32N6O3/c1-2-40-27-14-15-29-28(17-27)32(36-25-12-10-21(11-13-25)23-18-33-34-19-23)38-31(37-29)22-6-5-9-26(16-22)41-20-30(39)35-24-7-3-4-8-24/h5-6,9-19,24H,2-4,7-8,20H2,1H3,(H,33,34)(H,35,39)(H,36,37,38). The lowest BCUT2D eigenvalue weighted by Crippen LogP contribution is -2.36. The number of rotatable bonds is 10. The van der Waals surface area contributed by atoms with Crippen molar-refractivity contribution < 1.29 is 14.3 Å². The Morgan fingerprint density at radius 2 is 1.76 bits per heavy atom. The molecule has 0 saturated heterocycles. The van der Waals surface area contributed by atoms with Gasteiger partial charge in [-0.1, -0.05) is 37.1 Å². The van der Waals surface area contributed by atoms with Crippen LogP contribution >= 0.6 is 0 Å². The second-order valence-electron chi connectivity index (χ2n) is 10.1. The second-order valence-corrected chi connectivity index (χ2v) is 10.1. The largest absolute Gasteiger partial charge is 0.494 e. The van der Waals surface area contributed by atoms with E-state index in [9.17, 15) is 4.79 Å². The quantitative estimate of drug-likeness (QED) is 0.189. The van der Waals surface area contributed by atoms with Gasteiger partial charge in [0.15, 0.2) is 12.4 Å². The van der Waals surface area contributed by atoms with E-state index in [1.165, 1.54) is 12.8 Å². The van der Waals surface area contributed by atoms with Crippen LogP contribution in [0.1, 0.15) is 32.6 Å². The van der Waals surface area contributed by atoms with Gasteiger partial charge >= 0.3 is 0 Å². The maximum absolute atomic E-state index is 12.4. The molecule has 1 aliphatic carbocycles. The van der Waals surface area contributed by atoms with Crippen LogP contribution in [0.3, 0.4) is 0 Å². The summed E-state index contributed by atoms with van der Waals surface area (Å²) in [5, 5.41) is 14.3. The first-order valence-corrected chi connectivity index (χ1v) is 14.0. The fourth-order valence-corrected chi connectivity index (χ4v) is 5.09. The zero-order chi connectivity index (χ0) is 28.0. The van der Waals surface area contributed by atoms with E-state index in [1.54, 1.807) is 6.20 Å². The van der Waals surface area contributed by atoms with Crippen molar-refractivity contribution in [2.45, 2.75) is 38.6 Å². The molecule has 41 heavy (non-hydrogen) atoms. The summed E-state index contributed by atoms with van der Waals surface area (Å²) in [4.78, 5) is 22.1. The summed E-state index contributed by atoms with van der Waals surface area (Å²) in [6.07, 6.45) is 8.07. The molecule has 0 aliphatic heterocycles. The molecule has 9 nitrogen and oxygen atoms in total. The summed E-state index contributed by atoms with van der Waals surface area (Å²) in [6, 6.07) is 21.7. The zero-order valence-corrected chi connectivity index (χ0v) is 22.9. The number of fused-ring (bicyclic) bond motifs is 1. The lowest BCUT2D eigenvalue weighted by molar-refractivity contribution is -0.123. The summed E-state index contributed by atoms with van der Waals surface area (Å²) in [6.45, 7) is 2.49. The summed E-state index contributed by atoms with van der Waals surface area (Å²) >= 11 is 0. The summed E-state index contributed by atoms with van der Waals surface area (Å²) in [5.74, 6) is 2.44. The maximum Gasteiger partial charge on any atom is 0.258 e. The first kappa shape index (κ1) is 26.3. The van der Waals surface area contributed by atoms with Crippen LogP contribution in [0.25, 0.3) is 33.4 Å². The molecular formula is C32H32N6O3. The fraction of sp³-hybridized carbons (Fsp3) is 0.250. The van der Waals surface area contributed by atoms with Crippen molar-refractivity contribution in [1.29, 1.82) is 0 Å². The number of aromatic amines is 1. The first-order chi connectivity index (χ1) is 20.1. The molecule has 2 aromatic heterocycles. The number of H-pyrrole nitrogens is 1. The minimum atomic E-state index is -0.0976. The minimum absolute atomic E-state index is 0.0274. The first-order valence-electron chi connectivity index (χ1n) is 14.0. The molecule has 6 rings (SSSR count). The van der Waals surface area contributed by atoms with Gasteiger partial charge in [-0.3, -0.25) is 9.89 Å². The van der Waals surface area contributed by atoms with Gasteiger partial charge in [-0.25, -0.2) is 9.97 Å². The van der Waals surface area contributed by atoms with Gasteiger partial charge in [0.05, 0.1) is 18.3 Å². The molecular weight excluding hydrogens is 516 g/mol. The van der Waals surface area contributed by atoms with E-state index < -0.39 is 0 Å². The Balaban J connectivity index is 1.27. The maximum atomic E-state index is 12.4. The van der Waals surface area contributed by atoms with E-state index in [-0.39, 0.29) is 18.6 Å². The average Bonchev–Trinajstić information content (AvgIpc) is 3.72.